The van der Waals surface area contributed by atoms with E-state index in [0.717, 1.165) is 23.1 Å². The van der Waals surface area contributed by atoms with Gasteiger partial charge in [0.05, 0.1) is 42.0 Å². The second-order valence-electron chi connectivity index (χ2n) is 6.53. The zero-order valence-electron chi connectivity index (χ0n) is 14.3. The van der Waals surface area contributed by atoms with Gasteiger partial charge in [-0.2, -0.15) is 5.10 Å². The van der Waals surface area contributed by atoms with Crippen molar-refractivity contribution in [1.29, 1.82) is 0 Å². The highest BCUT2D eigenvalue weighted by atomic mass is 16.3. The Kier molecular flexibility index (Phi) is 4.44. The highest BCUT2D eigenvalue weighted by Crippen LogP contribution is 2.19. The summed E-state index contributed by atoms with van der Waals surface area (Å²) in [4.78, 5) is 22.2. The van der Waals surface area contributed by atoms with Crippen molar-refractivity contribution in [2.45, 2.75) is 32.0 Å². The SMILES string of the molecule is O=C(Cc1nc2ccccc2[nH]1)N1CCCn2nc(C(O)CO)cc2C1. The number of benzene rings is 1. The number of imidazole rings is 1. The average Bonchev–Trinajstić information content (AvgIpc) is 3.18. The van der Waals surface area contributed by atoms with E-state index in [1.54, 1.807) is 11.0 Å². The number of nitrogens with zero attached hydrogens (tertiary/aromatic N) is 4. The van der Waals surface area contributed by atoms with Gasteiger partial charge in [-0.05, 0) is 24.6 Å². The maximum Gasteiger partial charge on any atom is 0.230 e. The molecule has 8 heteroatoms. The number of aromatic amines is 1. The summed E-state index contributed by atoms with van der Waals surface area (Å²) >= 11 is 0. The Balaban J connectivity index is 1.50. The second kappa shape index (κ2) is 6.89. The van der Waals surface area contributed by atoms with Gasteiger partial charge >= 0.3 is 0 Å². The number of nitrogens with one attached hydrogen (secondary N) is 1. The maximum atomic E-state index is 12.8. The van der Waals surface area contributed by atoms with Gasteiger partial charge < -0.3 is 20.1 Å². The van der Waals surface area contributed by atoms with Gasteiger partial charge in [-0.15, -0.1) is 0 Å². The van der Waals surface area contributed by atoms with Crippen LogP contribution in [0, 0.1) is 0 Å². The maximum absolute atomic E-state index is 12.8. The second-order valence-corrected chi connectivity index (χ2v) is 6.53. The third-order valence-electron chi connectivity index (χ3n) is 4.66. The number of carbonyl (C=O) groups is 1. The van der Waals surface area contributed by atoms with Crippen LogP contribution in [-0.4, -0.2) is 53.9 Å². The van der Waals surface area contributed by atoms with E-state index in [1.807, 2.05) is 28.9 Å². The van der Waals surface area contributed by atoms with Gasteiger partial charge in [0, 0.05) is 13.1 Å². The summed E-state index contributed by atoms with van der Waals surface area (Å²) in [7, 11) is 0. The zero-order valence-corrected chi connectivity index (χ0v) is 14.3. The van der Waals surface area contributed by atoms with E-state index in [1.165, 1.54) is 0 Å². The molecule has 2 aromatic heterocycles. The molecule has 0 saturated carbocycles. The standard InChI is InChI=1S/C18H21N5O3/c24-11-16(25)15-8-12-10-22(6-3-7-23(12)21-15)18(26)9-17-19-13-4-1-2-5-14(13)20-17/h1-2,4-5,8,16,24-25H,3,6-7,9-11H2,(H,19,20). The minimum Gasteiger partial charge on any atom is -0.393 e. The monoisotopic (exact) mass is 355 g/mol. The molecule has 4 rings (SSSR count). The highest BCUT2D eigenvalue weighted by molar-refractivity contribution is 5.80. The van der Waals surface area contributed by atoms with Crippen molar-refractivity contribution in [3.8, 4) is 0 Å². The van der Waals surface area contributed by atoms with Crippen LogP contribution in [0.4, 0.5) is 0 Å². The van der Waals surface area contributed by atoms with Crippen LogP contribution < -0.4 is 0 Å². The zero-order chi connectivity index (χ0) is 18.1. The van der Waals surface area contributed by atoms with E-state index in [4.69, 9.17) is 5.11 Å². The van der Waals surface area contributed by atoms with Crippen LogP contribution >= 0.6 is 0 Å². The smallest absolute Gasteiger partial charge is 0.230 e. The normalized spacial score (nSPS) is 15.7. The van der Waals surface area contributed by atoms with Crippen LogP contribution in [0.25, 0.3) is 11.0 Å². The van der Waals surface area contributed by atoms with Crippen LogP contribution in [-0.2, 0) is 24.3 Å². The van der Waals surface area contributed by atoms with Crippen LogP contribution in [0.3, 0.4) is 0 Å². The number of aromatic nitrogens is 4. The number of aliphatic hydroxyl groups is 2. The highest BCUT2D eigenvalue weighted by Gasteiger charge is 2.23. The number of carbonyl (C=O) groups excluding carboxylic acids is 1. The van der Waals surface area contributed by atoms with Crippen molar-refractivity contribution in [2.24, 2.45) is 0 Å². The molecule has 1 aliphatic rings. The molecular weight excluding hydrogens is 334 g/mol. The minimum atomic E-state index is -0.992. The number of amides is 1. The lowest BCUT2D eigenvalue weighted by molar-refractivity contribution is -0.131. The van der Waals surface area contributed by atoms with E-state index in [-0.39, 0.29) is 18.9 Å². The number of hydrogen-bond donors (Lipinski definition) is 3. The van der Waals surface area contributed by atoms with Crippen molar-refractivity contribution in [2.75, 3.05) is 13.2 Å². The van der Waals surface area contributed by atoms with Gasteiger partial charge in [-0.25, -0.2) is 4.98 Å². The summed E-state index contributed by atoms with van der Waals surface area (Å²) in [6.45, 7) is 1.40. The summed E-state index contributed by atoms with van der Waals surface area (Å²) in [6, 6.07) is 9.46. The largest absolute Gasteiger partial charge is 0.393 e. The summed E-state index contributed by atoms with van der Waals surface area (Å²) in [6.07, 6.45) is 0.0126. The van der Waals surface area contributed by atoms with Gasteiger partial charge in [0.2, 0.25) is 5.91 Å². The number of aliphatic hydroxyl groups excluding tert-OH is 2. The molecule has 3 N–H and O–H groups in total. The molecule has 0 saturated heterocycles. The first kappa shape index (κ1) is 16.7. The number of para-hydroxylation sites is 2. The molecule has 1 atom stereocenters. The Morgan fingerprint density at radius 3 is 2.96 bits per heavy atom. The first-order chi connectivity index (χ1) is 12.6. The molecule has 3 heterocycles. The van der Waals surface area contributed by atoms with Gasteiger partial charge in [0.1, 0.15) is 11.9 Å². The van der Waals surface area contributed by atoms with Crippen LogP contribution in [0.15, 0.2) is 30.3 Å². The fourth-order valence-corrected chi connectivity index (χ4v) is 3.30. The van der Waals surface area contributed by atoms with Gasteiger partial charge in [-0.1, -0.05) is 12.1 Å². The molecule has 1 unspecified atom stereocenters. The molecule has 1 aromatic carbocycles. The lowest BCUT2D eigenvalue weighted by atomic mass is 10.2. The van der Waals surface area contributed by atoms with E-state index < -0.39 is 6.10 Å². The fourth-order valence-electron chi connectivity index (χ4n) is 3.30. The molecule has 3 aromatic rings. The van der Waals surface area contributed by atoms with Crippen molar-refractivity contribution < 1.29 is 15.0 Å². The molecule has 136 valence electrons. The fraction of sp³-hybridized carbons (Fsp3) is 0.389. The topological polar surface area (TPSA) is 107 Å². The lowest BCUT2D eigenvalue weighted by Crippen LogP contribution is -2.32. The molecule has 1 aliphatic heterocycles. The van der Waals surface area contributed by atoms with Gasteiger partial charge in [0.25, 0.3) is 0 Å². The van der Waals surface area contributed by atoms with E-state index in [9.17, 15) is 9.90 Å². The molecular formula is C18H21N5O3. The summed E-state index contributed by atoms with van der Waals surface area (Å²) in [5, 5.41) is 23.2. The summed E-state index contributed by atoms with van der Waals surface area (Å²) in [5.74, 6) is 0.660. The number of fused-ring (bicyclic) bond motifs is 2. The van der Waals surface area contributed by atoms with Crippen LogP contribution in [0.1, 0.15) is 29.7 Å². The summed E-state index contributed by atoms with van der Waals surface area (Å²) in [5.41, 5.74) is 3.08. The summed E-state index contributed by atoms with van der Waals surface area (Å²) < 4.78 is 1.81. The van der Waals surface area contributed by atoms with Crippen molar-refractivity contribution in [1.82, 2.24) is 24.6 Å². The molecule has 1 amide bonds. The third-order valence-corrected chi connectivity index (χ3v) is 4.66. The van der Waals surface area contributed by atoms with Crippen molar-refractivity contribution in [3.05, 3.63) is 47.5 Å². The Hall–Kier alpha value is -2.71. The first-order valence-electron chi connectivity index (χ1n) is 8.71. The predicted octanol–water partition coefficient (Wildman–Crippen LogP) is 0.760. The lowest BCUT2D eigenvalue weighted by Gasteiger charge is -2.19. The quantitative estimate of drug-likeness (QED) is 0.640. The number of hydrogen-bond acceptors (Lipinski definition) is 5. The Bertz CT molecular complexity index is 899. The average molecular weight is 355 g/mol. The van der Waals surface area contributed by atoms with E-state index >= 15 is 0 Å². The predicted molar refractivity (Wildman–Crippen MR) is 94.1 cm³/mol. The molecule has 0 aliphatic carbocycles. The van der Waals surface area contributed by atoms with E-state index in [2.05, 4.69) is 15.1 Å². The molecule has 0 fully saturated rings. The number of aryl methyl sites for hydroxylation is 1. The van der Waals surface area contributed by atoms with Crippen molar-refractivity contribution >= 4 is 16.9 Å². The van der Waals surface area contributed by atoms with Gasteiger partial charge in [-0.3, -0.25) is 9.48 Å². The Morgan fingerprint density at radius 2 is 2.15 bits per heavy atom. The van der Waals surface area contributed by atoms with Crippen LogP contribution in [0.2, 0.25) is 0 Å². The molecule has 0 bridgehead atoms. The van der Waals surface area contributed by atoms with Gasteiger partial charge in [0.15, 0.2) is 0 Å². The molecule has 0 radical (unpaired) electrons. The van der Waals surface area contributed by atoms with Crippen molar-refractivity contribution in [3.63, 3.8) is 0 Å². The Labute approximate surface area is 150 Å². The number of rotatable bonds is 4. The minimum absolute atomic E-state index is 0.00274. The molecule has 26 heavy (non-hydrogen) atoms. The third kappa shape index (κ3) is 3.21. The first-order valence-corrected chi connectivity index (χ1v) is 8.71. The van der Waals surface area contributed by atoms with Crippen LogP contribution in [0.5, 0.6) is 0 Å². The Morgan fingerprint density at radius 1 is 1.31 bits per heavy atom. The van der Waals surface area contributed by atoms with E-state index in [0.29, 0.717) is 31.2 Å². The molecule has 8 nitrogen and oxygen atoms in total. The number of H-pyrrole nitrogens is 1. The molecule has 0 spiro atoms.